The van der Waals surface area contributed by atoms with E-state index in [1.54, 1.807) is 11.8 Å². The van der Waals surface area contributed by atoms with Gasteiger partial charge in [-0.3, -0.25) is 4.57 Å². The summed E-state index contributed by atoms with van der Waals surface area (Å²) in [7, 11) is 0. The second-order valence-corrected chi connectivity index (χ2v) is 5.72. The molecule has 1 aromatic heterocycles. The van der Waals surface area contributed by atoms with Crippen molar-refractivity contribution in [3.8, 4) is 0 Å². The Morgan fingerprint density at radius 1 is 1.00 bits per heavy atom. The number of hydrogen-bond donors (Lipinski definition) is 1. The van der Waals surface area contributed by atoms with Crippen molar-refractivity contribution < 1.29 is 5.11 Å². The monoisotopic (exact) mass is 268 g/mol. The zero-order valence-corrected chi connectivity index (χ0v) is 10.9. The number of para-hydroxylation sites is 2. The van der Waals surface area contributed by atoms with Crippen molar-refractivity contribution in [3.05, 3.63) is 60.2 Å². The first-order valence-electron chi connectivity index (χ1n) is 6.21. The number of aromatic nitrogens is 2. The lowest BCUT2D eigenvalue weighted by Gasteiger charge is -2.15. The average molecular weight is 268 g/mol. The molecule has 19 heavy (non-hydrogen) atoms. The highest BCUT2D eigenvalue weighted by Gasteiger charge is 2.35. The molecule has 94 valence electrons. The molecule has 2 aromatic carbocycles. The third-order valence-electron chi connectivity index (χ3n) is 3.46. The van der Waals surface area contributed by atoms with Crippen molar-refractivity contribution in [2.45, 2.75) is 16.6 Å². The molecule has 4 heteroatoms. The Kier molecular flexibility index (Phi) is 2.40. The Balaban J connectivity index is 1.83. The van der Waals surface area contributed by atoms with E-state index in [0.29, 0.717) is 0 Å². The second kappa shape index (κ2) is 4.11. The highest BCUT2D eigenvalue weighted by atomic mass is 32.2. The first-order chi connectivity index (χ1) is 9.34. The van der Waals surface area contributed by atoms with Crippen LogP contribution in [0.5, 0.6) is 0 Å². The van der Waals surface area contributed by atoms with E-state index in [1.165, 1.54) is 0 Å². The van der Waals surface area contributed by atoms with Gasteiger partial charge in [-0.05, 0) is 17.7 Å². The Morgan fingerprint density at radius 3 is 2.58 bits per heavy atom. The molecule has 0 spiro atoms. The normalized spacial score (nSPS) is 21.7. The van der Waals surface area contributed by atoms with E-state index in [9.17, 15) is 5.11 Å². The maximum absolute atomic E-state index is 10.6. The van der Waals surface area contributed by atoms with Gasteiger partial charge in [0.2, 0.25) is 0 Å². The number of aliphatic hydroxyl groups is 1. The zero-order chi connectivity index (χ0) is 12.8. The van der Waals surface area contributed by atoms with E-state index in [4.69, 9.17) is 0 Å². The molecule has 2 unspecified atom stereocenters. The molecule has 1 N–H and O–H groups in total. The van der Waals surface area contributed by atoms with Crippen molar-refractivity contribution in [3.63, 3.8) is 0 Å². The van der Waals surface area contributed by atoms with Gasteiger partial charge < -0.3 is 5.11 Å². The van der Waals surface area contributed by atoms with Crippen LogP contribution in [0.15, 0.2) is 59.8 Å². The minimum absolute atomic E-state index is 0.0216. The van der Waals surface area contributed by atoms with E-state index >= 15 is 0 Å². The maximum atomic E-state index is 10.6. The summed E-state index contributed by atoms with van der Waals surface area (Å²) < 4.78 is 1.93. The van der Waals surface area contributed by atoms with Gasteiger partial charge in [-0.2, -0.15) is 0 Å². The molecule has 1 aliphatic rings. The van der Waals surface area contributed by atoms with Gasteiger partial charge in [-0.1, -0.05) is 54.2 Å². The van der Waals surface area contributed by atoms with Crippen molar-refractivity contribution in [1.82, 2.24) is 9.55 Å². The molecule has 2 atom stereocenters. The van der Waals surface area contributed by atoms with Crippen LogP contribution in [0.1, 0.15) is 17.0 Å². The van der Waals surface area contributed by atoms with Crippen LogP contribution in [-0.2, 0) is 0 Å². The van der Waals surface area contributed by atoms with Gasteiger partial charge in [-0.25, -0.2) is 4.98 Å². The second-order valence-electron chi connectivity index (χ2n) is 4.62. The molecule has 0 saturated carbocycles. The predicted molar refractivity (Wildman–Crippen MR) is 76.0 cm³/mol. The Labute approximate surface area is 114 Å². The van der Waals surface area contributed by atoms with Crippen LogP contribution in [0.2, 0.25) is 0 Å². The van der Waals surface area contributed by atoms with Gasteiger partial charge in [0, 0.05) is 0 Å². The van der Waals surface area contributed by atoms with Crippen LogP contribution in [0.3, 0.4) is 0 Å². The number of rotatable bonds is 1. The van der Waals surface area contributed by atoms with E-state index < -0.39 is 6.23 Å². The van der Waals surface area contributed by atoms with Crippen LogP contribution in [0.25, 0.3) is 11.0 Å². The summed E-state index contributed by atoms with van der Waals surface area (Å²) in [6.45, 7) is 0. The number of aliphatic hydroxyl groups excluding tert-OH is 1. The Bertz CT molecular complexity index is 738. The molecule has 0 aliphatic carbocycles. The molecule has 1 aliphatic heterocycles. The number of hydrogen-bond acceptors (Lipinski definition) is 3. The molecule has 0 bridgehead atoms. The van der Waals surface area contributed by atoms with Crippen LogP contribution in [0, 0.1) is 0 Å². The average Bonchev–Trinajstić information content (AvgIpc) is 2.97. The van der Waals surface area contributed by atoms with Crippen molar-refractivity contribution in [2.24, 2.45) is 0 Å². The van der Waals surface area contributed by atoms with Crippen LogP contribution in [0.4, 0.5) is 0 Å². The lowest BCUT2D eigenvalue weighted by Crippen LogP contribution is -2.08. The maximum Gasteiger partial charge on any atom is 0.171 e. The summed E-state index contributed by atoms with van der Waals surface area (Å²) >= 11 is 1.62. The lowest BCUT2D eigenvalue weighted by molar-refractivity contribution is 0.105. The summed E-state index contributed by atoms with van der Waals surface area (Å²) in [4.78, 5) is 4.59. The standard InChI is InChI=1S/C15H12N2OS/c18-14-13(10-6-2-1-3-7-10)19-15-16-11-8-4-5-9-12(11)17(14)15/h1-9,13-14,18H. The molecular weight excluding hydrogens is 256 g/mol. The van der Waals surface area contributed by atoms with Gasteiger partial charge in [-0.15, -0.1) is 0 Å². The summed E-state index contributed by atoms with van der Waals surface area (Å²) in [6, 6.07) is 18.0. The lowest BCUT2D eigenvalue weighted by atomic mass is 10.1. The van der Waals surface area contributed by atoms with Crippen molar-refractivity contribution in [2.75, 3.05) is 0 Å². The SMILES string of the molecule is OC1C(c2ccccc2)Sc2nc3ccccc3n21. The van der Waals surface area contributed by atoms with E-state index in [-0.39, 0.29) is 5.25 Å². The number of thioether (sulfide) groups is 1. The molecule has 0 radical (unpaired) electrons. The third kappa shape index (κ3) is 1.60. The van der Waals surface area contributed by atoms with Crippen LogP contribution >= 0.6 is 11.8 Å². The van der Waals surface area contributed by atoms with Crippen molar-refractivity contribution in [1.29, 1.82) is 0 Å². The highest BCUT2D eigenvalue weighted by Crippen LogP contribution is 2.49. The smallest absolute Gasteiger partial charge is 0.171 e. The van der Waals surface area contributed by atoms with Gasteiger partial charge in [0.15, 0.2) is 5.16 Å². The van der Waals surface area contributed by atoms with Gasteiger partial charge >= 0.3 is 0 Å². The number of imidazole rings is 1. The van der Waals surface area contributed by atoms with Crippen molar-refractivity contribution >= 4 is 22.8 Å². The third-order valence-corrected chi connectivity index (χ3v) is 4.73. The number of nitrogens with zero attached hydrogens (tertiary/aromatic N) is 2. The molecule has 3 aromatic rings. The highest BCUT2D eigenvalue weighted by molar-refractivity contribution is 7.99. The largest absolute Gasteiger partial charge is 0.372 e. The Hall–Kier alpha value is -1.78. The minimum Gasteiger partial charge on any atom is -0.372 e. The fraction of sp³-hybridized carbons (Fsp3) is 0.133. The summed E-state index contributed by atoms with van der Waals surface area (Å²) in [5, 5.41) is 11.5. The first kappa shape index (κ1) is 11.1. The fourth-order valence-corrected chi connectivity index (χ4v) is 3.79. The van der Waals surface area contributed by atoms with E-state index in [2.05, 4.69) is 17.1 Å². The molecular formula is C15H12N2OS. The van der Waals surface area contributed by atoms with Crippen LogP contribution < -0.4 is 0 Å². The van der Waals surface area contributed by atoms with Gasteiger partial charge in [0.05, 0.1) is 16.3 Å². The first-order valence-corrected chi connectivity index (χ1v) is 7.09. The summed E-state index contributed by atoms with van der Waals surface area (Å²) in [5.74, 6) is 0. The molecule has 3 nitrogen and oxygen atoms in total. The summed E-state index contributed by atoms with van der Waals surface area (Å²) in [6.07, 6.45) is -0.560. The predicted octanol–water partition coefficient (Wildman–Crippen LogP) is 3.37. The zero-order valence-electron chi connectivity index (χ0n) is 10.1. The molecule has 0 amide bonds. The molecule has 0 fully saturated rings. The van der Waals surface area contributed by atoms with Crippen LogP contribution in [-0.4, -0.2) is 14.7 Å². The number of benzene rings is 2. The topological polar surface area (TPSA) is 38.1 Å². The fourth-order valence-electron chi connectivity index (χ4n) is 2.55. The molecule has 0 saturated heterocycles. The summed E-state index contributed by atoms with van der Waals surface area (Å²) in [5.41, 5.74) is 3.07. The van der Waals surface area contributed by atoms with Gasteiger partial charge in [0.1, 0.15) is 6.23 Å². The Morgan fingerprint density at radius 2 is 1.74 bits per heavy atom. The van der Waals surface area contributed by atoms with E-state index in [0.717, 1.165) is 21.8 Å². The van der Waals surface area contributed by atoms with E-state index in [1.807, 2.05) is 47.0 Å². The quantitative estimate of drug-likeness (QED) is 0.735. The molecule has 4 rings (SSSR count). The van der Waals surface area contributed by atoms with Gasteiger partial charge in [0.25, 0.3) is 0 Å². The minimum atomic E-state index is -0.560. The molecule has 2 heterocycles. The number of fused-ring (bicyclic) bond motifs is 3.